The second-order valence-electron chi connectivity index (χ2n) is 5.88. The van der Waals surface area contributed by atoms with E-state index in [0.29, 0.717) is 19.6 Å². The zero-order valence-electron chi connectivity index (χ0n) is 11.5. The van der Waals surface area contributed by atoms with Gasteiger partial charge in [0, 0.05) is 38.3 Å². The first kappa shape index (κ1) is 14.2. The molecule has 6 heteroatoms. The molecule has 0 aromatic rings. The van der Waals surface area contributed by atoms with E-state index in [2.05, 4.69) is 5.32 Å². The van der Waals surface area contributed by atoms with Gasteiger partial charge < -0.3 is 5.32 Å². The zero-order chi connectivity index (χ0) is 13.2. The van der Waals surface area contributed by atoms with Crippen molar-refractivity contribution in [2.75, 3.05) is 32.7 Å². The second-order valence-corrected chi connectivity index (χ2v) is 7.74. The van der Waals surface area contributed by atoms with Crippen LogP contribution in [-0.4, -0.2) is 55.3 Å². The average Bonchev–Trinajstić information content (AvgIpc) is 2.56. The molecule has 18 heavy (non-hydrogen) atoms. The van der Waals surface area contributed by atoms with E-state index in [1.165, 1.54) is 0 Å². The van der Waals surface area contributed by atoms with Crippen LogP contribution < -0.4 is 5.32 Å². The quantitative estimate of drug-likeness (QED) is 0.811. The van der Waals surface area contributed by atoms with Crippen molar-refractivity contribution in [1.82, 2.24) is 13.9 Å². The molecule has 2 aliphatic rings. The third-order valence-corrected chi connectivity index (χ3v) is 6.15. The lowest BCUT2D eigenvalue weighted by molar-refractivity contribution is 0.172. The number of rotatable bonds is 2. The Balaban J connectivity index is 2.18. The van der Waals surface area contributed by atoms with Crippen molar-refractivity contribution in [2.45, 2.75) is 45.1 Å². The first-order chi connectivity index (χ1) is 8.44. The van der Waals surface area contributed by atoms with Crippen LogP contribution in [0.15, 0.2) is 0 Å². The molecule has 1 N–H and O–H groups in total. The molecule has 0 unspecified atom stereocenters. The van der Waals surface area contributed by atoms with E-state index in [-0.39, 0.29) is 5.54 Å². The molecule has 2 saturated heterocycles. The predicted octanol–water partition coefficient (Wildman–Crippen LogP) is 0.791. The lowest BCUT2D eigenvalue weighted by atomic mass is 10.0. The summed E-state index contributed by atoms with van der Waals surface area (Å²) in [5.74, 6) is 0. The molecule has 0 aliphatic carbocycles. The van der Waals surface area contributed by atoms with Gasteiger partial charge in [0.2, 0.25) is 0 Å². The minimum absolute atomic E-state index is 0.330. The summed E-state index contributed by atoms with van der Waals surface area (Å²) in [6.45, 7) is 7.40. The third-order valence-electron chi connectivity index (χ3n) is 3.89. The van der Waals surface area contributed by atoms with Crippen LogP contribution in [0.25, 0.3) is 0 Å². The summed E-state index contributed by atoms with van der Waals surface area (Å²) in [6, 6.07) is 0. The minimum Gasteiger partial charge on any atom is -0.314 e. The summed E-state index contributed by atoms with van der Waals surface area (Å²) in [6.07, 6.45) is 4.28. The van der Waals surface area contributed by atoms with Crippen molar-refractivity contribution in [3.05, 3.63) is 0 Å². The van der Waals surface area contributed by atoms with Gasteiger partial charge in [0.25, 0.3) is 10.2 Å². The maximum Gasteiger partial charge on any atom is 0.282 e. The van der Waals surface area contributed by atoms with Gasteiger partial charge in [0.05, 0.1) is 0 Å². The summed E-state index contributed by atoms with van der Waals surface area (Å²) in [7, 11) is -3.29. The van der Waals surface area contributed by atoms with E-state index in [0.717, 1.165) is 38.8 Å². The zero-order valence-corrected chi connectivity index (χ0v) is 12.3. The molecule has 2 heterocycles. The standard InChI is InChI=1S/C12H25N3O2S/c1-12(2)11-13-7-10-15(12)18(16,17)14-8-5-3-4-6-9-14/h13H,3-11H2,1-2H3. The summed E-state index contributed by atoms with van der Waals surface area (Å²) in [5, 5.41) is 3.27. The molecule has 0 aromatic heterocycles. The Morgan fingerprint density at radius 1 is 1.00 bits per heavy atom. The molecule has 0 amide bonds. The molecule has 106 valence electrons. The van der Waals surface area contributed by atoms with Crippen LogP contribution in [0.2, 0.25) is 0 Å². The Morgan fingerprint density at radius 2 is 1.61 bits per heavy atom. The van der Waals surface area contributed by atoms with Crippen LogP contribution in [0.4, 0.5) is 0 Å². The number of nitrogens with zero attached hydrogens (tertiary/aromatic N) is 2. The molecule has 2 rings (SSSR count). The van der Waals surface area contributed by atoms with Gasteiger partial charge in [0.15, 0.2) is 0 Å². The maximum absolute atomic E-state index is 12.7. The fraction of sp³-hybridized carbons (Fsp3) is 1.00. The Labute approximate surface area is 111 Å². The fourth-order valence-electron chi connectivity index (χ4n) is 2.81. The second kappa shape index (κ2) is 5.45. The van der Waals surface area contributed by atoms with Gasteiger partial charge in [-0.15, -0.1) is 0 Å². The first-order valence-corrected chi connectivity index (χ1v) is 8.33. The van der Waals surface area contributed by atoms with Crippen molar-refractivity contribution >= 4 is 10.2 Å². The van der Waals surface area contributed by atoms with Gasteiger partial charge in [-0.1, -0.05) is 12.8 Å². The SMILES string of the molecule is CC1(C)CNCCN1S(=O)(=O)N1CCCCCC1. The van der Waals surface area contributed by atoms with Crippen LogP contribution in [0, 0.1) is 0 Å². The smallest absolute Gasteiger partial charge is 0.282 e. The van der Waals surface area contributed by atoms with Crippen molar-refractivity contribution in [3.63, 3.8) is 0 Å². The van der Waals surface area contributed by atoms with E-state index < -0.39 is 10.2 Å². The highest BCUT2D eigenvalue weighted by atomic mass is 32.2. The molecule has 0 atom stereocenters. The molecule has 0 spiro atoms. The van der Waals surface area contributed by atoms with Crippen molar-refractivity contribution in [1.29, 1.82) is 0 Å². The van der Waals surface area contributed by atoms with Crippen LogP contribution in [0.5, 0.6) is 0 Å². The van der Waals surface area contributed by atoms with E-state index in [9.17, 15) is 8.42 Å². The normalized spacial score (nSPS) is 27.9. The molecule has 0 bridgehead atoms. The largest absolute Gasteiger partial charge is 0.314 e. The van der Waals surface area contributed by atoms with E-state index in [4.69, 9.17) is 0 Å². The van der Waals surface area contributed by atoms with Gasteiger partial charge in [-0.3, -0.25) is 0 Å². The summed E-state index contributed by atoms with van der Waals surface area (Å²) in [4.78, 5) is 0. The highest BCUT2D eigenvalue weighted by Crippen LogP contribution is 2.24. The Bertz CT molecular complexity index is 373. The maximum atomic E-state index is 12.7. The molecule has 0 saturated carbocycles. The Kier molecular flexibility index (Phi) is 4.31. The lowest BCUT2D eigenvalue weighted by Crippen LogP contribution is -2.62. The van der Waals surface area contributed by atoms with Crippen LogP contribution in [0.3, 0.4) is 0 Å². The highest BCUT2D eigenvalue weighted by Gasteiger charge is 2.41. The van der Waals surface area contributed by atoms with E-state index in [1.807, 2.05) is 13.8 Å². The average molecular weight is 275 g/mol. The topological polar surface area (TPSA) is 52.7 Å². The molecular weight excluding hydrogens is 250 g/mol. The van der Waals surface area contributed by atoms with Gasteiger partial charge >= 0.3 is 0 Å². The molecule has 2 aliphatic heterocycles. The number of hydrogen-bond acceptors (Lipinski definition) is 3. The number of piperazine rings is 1. The lowest BCUT2D eigenvalue weighted by Gasteiger charge is -2.43. The van der Waals surface area contributed by atoms with Crippen LogP contribution in [-0.2, 0) is 10.2 Å². The molecular formula is C12H25N3O2S. The predicted molar refractivity (Wildman–Crippen MR) is 72.6 cm³/mol. The molecule has 5 nitrogen and oxygen atoms in total. The van der Waals surface area contributed by atoms with E-state index >= 15 is 0 Å². The molecule has 0 radical (unpaired) electrons. The minimum atomic E-state index is -3.29. The van der Waals surface area contributed by atoms with Crippen molar-refractivity contribution in [3.8, 4) is 0 Å². The summed E-state index contributed by atoms with van der Waals surface area (Å²) in [5.41, 5.74) is -0.330. The Hall–Kier alpha value is -0.170. The fourth-order valence-corrected chi connectivity index (χ4v) is 4.81. The summed E-state index contributed by atoms with van der Waals surface area (Å²) >= 11 is 0. The van der Waals surface area contributed by atoms with Crippen LogP contribution in [0.1, 0.15) is 39.5 Å². The number of nitrogens with one attached hydrogen (secondary N) is 1. The third kappa shape index (κ3) is 2.87. The van der Waals surface area contributed by atoms with Crippen molar-refractivity contribution in [2.24, 2.45) is 0 Å². The summed E-state index contributed by atoms with van der Waals surface area (Å²) < 4.78 is 28.8. The van der Waals surface area contributed by atoms with E-state index in [1.54, 1.807) is 8.61 Å². The molecule has 0 aromatic carbocycles. The Morgan fingerprint density at radius 3 is 2.17 bits per heavy atom. The van der Waals surface area contributed by atoms with Crippen molar-refractivity contribution < 1.29 is 8.42 Å². The number of hydrogen-bond donors (Lipinski definition) is 1. The highest BCUT2D eigenvalue weighted by molar-refractivity contribution is 7.86. The monoisotopic (exact) mass is 275 g/mol. The molecule has 2 fully saturated rings. The van der Waals surface area contributed by atoms with Gasteiger partial charge in [-0.05, 0) is 26.7 Å². The van der Waals surface area contributed by atoms with Crippen LogP contribution >= 0.6 is 0 Å². The van der Waals surface area contributed by atoms with Gasteiger partial charge in [-0.2, -0.15) is 17.0 Å². The van der Waals surface area contributed by atoms with Gasteiger partial charge in [0.1, 0.15) is 0 Å². The first-order valence-electron chi connectivity index (χ1n) is 6.93. The van der Waals surface area contributed by atoms with Gasteiger partial charge in [-0.25, -0.2) is 0 Å².